The van der Waals surface area contributed by atoms with Crippen LogP contribution in [-0.4, -0.2) is 23.6 Å². The van der Waals surface area contributed by atoms with Gasteiger partial charge in [-0.1, -0.05) is 48.0 Å². The molecule has 2 nitrogen and oxygen atoms in total. The van der Waals surface area contributed by atoms with Crippen LogP contribution in [0.3, 0.4) is 0 Å². The first-order chi connectivity index (χ1) is 10.1. The van der Waals surface area contributed by atoms with Gasteiger partial charge >= 0.3 is 0 Å². The Morgan fingerprint density at radius 1 is 1.10 bits per heavy atom. The average Bonchev–Trinajstić information content (AvgIpc) is 2.47. The largest absolute Gasteiger partial charge is 0.390 e. The highest BCUT2D eigenvalue weighted by Crippen LogP contribution is 2.23. The van der Waals surface area contributed by atoms with Crippen molar-refractivity contribution < 1.29 is 9.84 Å². The van der Waals surface area contributed by atoms with E-state index in [1.54, 1.807) is 11.8 Å². The molecule has 0 saturated carbocycles. The van der Waals surface area contributed by atoms with Gasteiger partial charge in [0.2, 0.25) is 0 Å². The molecule has 2 aromatic rings. The van der Waals surface area contributed by atoms with Gasteiger partial charge in [0.25, 0.3) is 0 Å². The Bertz CT molecular complexity index is 554. The zero-order chi connectivity index (χ0) is 15.1. The van der Waals surface area contributed by atoms with Gasteiger partial charge in [-0.25, -0.2) is 0 Å². The van der Waals surface area contributed by atoms with Gasteiger partial charge in [0, 0.05) is 10.6 Å². The van der Waals surface area contributed by atoms with E-state index in [-0.39, 0.29) is 0 Å². The maximum atomic E-state index is 9.99. The predicted octanol–water partition coefficient (Wildman–Crippen LogP) is 3.97. The molecule has 0 aromatic heterocycles. The van der Waals surface area contributed by atoms with E-state index in [0.29, 0.717) is 19.0 Å². The Labute approximate surface area is 131 Å². The molecule has 0 aliphatic rings. The third kappa shape index (κ3) is 5.54. The zero-order valence-electron chi connectivity index (χ0n) is 12.6. The molecular weight excluding hydrogens is 280 g/mol. The molecule has 2 aromatic carbocycles. The van der Waals surface area contributed by atoms with E-state index in [0.717, 1.165) is 5.56 Å². The summed E-state index contributed by atoms with van der Waals surface area (Å²) in [7, 11) is 0. The van der Waals surface area contributed by atoms with Gasteiger partial charge in [0.05, 0.1) is 19.3 Å². The molecule has 2 rings (SSSR count). The molecule has 1 N–H and O–H groups in total. The fourth-order valence-electron chi connectivity index (χ4n) is 2.08. The van der Waals surface area contributed by atoms with Crippen molar-refractivity contribution in [1.82, 2.24) is 0 Å². The molecule has 0 heterocycles. The standard InChI is InChI=1S/C18H22O2S/c1-14-8-9-18(15(2)10-14)21-13-17(19)12-20-11-16-6-4-3-5-7-16/h3-10,17,19H,11-13H2,1-2H3. The van der Waals surface area contributed by atoms with Crippen molar-refractivity contribution in [2.75, 3.05) is 12.4 Å². The average molecular weight is 302 g/mol. The molecule has 21 heavy (non-hydrogen) atoms. The van der Waals surface area contributed by atoms with E-state index >= 15 is 0 Å². The van der Waals surface area contributed by atoms with Crippen LogP contribution in [0.15, 0.2) is 53.4 Å². The first-order valence-corrected chi connectivity index (χ1v) is 8.13. The fourth-order valence-corrected chi connectivity index (χ4v) is 3.00. The van der Waals surface area contributed by atoms with E-state index < -0.39 is 6.10 Å². The Hall–Kier alpha value is -1.29. The summed E-state index contributed by atoms with van der Waals surface area (Å²) in [5.41, 5.74) is 3.66. The molecule has 0 amide bonds. The minimum Gasteiger partial charge on any atom is -0.390 e. The van der Waals surface area contributed by atoms with Gasteiger partial charge in [0.15, 0.2) is 0 Å². The van der Waals surface area contributed by atoms with Crippen molar-refractivity contribution in [3.8, 4) is 0 Å². The Balaban J connectivity index is 1.71. The number of hydrogen-bond donors (Lipinski definition) is 1. The lowest BCUT2D eigenvalue weighted by molar-refractivity contribution is 0.0398. The van der Waals surface area contributed by atoms with Crippen LogP contribution in [0.2, 0.25) is 0 Å². The minimum absolute atomic E-state index is 0.368. The van der Waals surface area contributed by atoms with E-state index in [9.17, 15) is 5.11 Å². The Morgan fingerprint density at radius 3 is 2.57 bits per heavy atom. The molecule has 0 aliphatic heterocycles. The van der Waals surface area contributed by atoms with Crippen LogP contribution in [0, 0.1) is 13.8 Å². The van der Waals surface area contributed by atoms with Crippen LogP contribution in [-0.2, 0) is 11.3 Å². The summed E-state index contributed by atoms with van der Waals surface area (Å²) >= 11 is 1.68. The van der Waals surface area contributed by atoms with E-state index in [4.69, 9.17) is 4.74 Å². The summed E-state index contributed by atoms with van der Waals surface area (Å²) in [6.45, 7) is 5.11. The van der Waals surface area contributed by atoms with Gasteiger partial charge < -0.3 is 9.84 Å². The van der Waals surface area contributed by atoms with Crippen molar-refractivity contribution in [3.63, 3.8) is 0 Å². The molecule has 0 aliphatic carbocycles. The molecule has 3 heteroatoms. The zero-order valence-corrected chi connectivity index (χ0v) is 13.4. The van der Waals surface area contributed by atoms with Crippen molar-refractivity contribution in [2.45, 2.75) is 31.5 Å². The van der Waals surface area contributed by atoms with Crippen molar-refractivity contribution in [3.05, 3.63) is 65.2 Å². The highest BCUT2D eigenvalue weighted by Gasteiger charge is 2.07. The summed E-state index contributed by atoms with van der Waals surface area (Å²) < 4.78 is 5.56. The third-order valence-electron chi connectivity index (χ3n) is 3.18. The van der Waals surface area contributed by atoms with Crippen LogP contribution < -0.4 is 0 Å². The maximum absolute atomic E-state index is 9.99. The molecule has 0 bridgehead atoms. The van der Waals surface area contributed by atoms with Gasteiger partial charge in [-0.3, -0.25) is 0 Å². The van der Waals surface area contributed by atoms with Gasteiger partial charge in [0.1, 0.15) is 0 Å². The lowest BCUT2D eigenvalue weighted by atomic mass is 10.2. The van der Waals surface area contributed by atoms with Gasteiger partial charge in [-0.15, -0.1) is 11.8 Å². The highest BCUT2D eigenvalue weighted by molar-refractivity contribution is 7.99. The van der Waals surface area contributed by atoms with Crippen LogP contribution in [0.25, 0.3) is 0 Å². The van der Waals surface area contributed by atoms with Gasteiger partial charge in [-0.05, 0) is 31.0 Å². The molecular formula is C18H22O2S. The molecule has 112 valence electrons. The monoisotopic (exact) mass is 302 g/mol. The predicted molar refractivity (Wildman–Crippen MR) is 88.7 cm³/mol. The number of rotatable bonds is 7. The van der Waals surface area contributed by atoms with Crippen molar-refractivity contribution in [2.24, 2.45) is 0 Å². The minimum atomic E-state index is -0.445. The second-order valence-corrected chi connectivity index (χ2v) is 6.30. The number of aliphatic hydroxyl groups excluding tert-OH is 1. The second kappa shape index (κ2) is 8.23. The van der Waals surface area contributed by atoms with E-state index in [2.05, 4.69) is 32.0 Å². The van der Waals surface area contributed by atoms with Crippen LogP contribution in [0.4, 0.5) is 0 Å². The van der Waals surface area contributed by atoms with Crippen LogP contribution in [0.5, 0.6) is 0 Å². The Kier molecular flexibility index (Phi) is 6.30. The number of thioether (sulfide) groups is 1. The number of ether oxygens (including phenoxy) is 1. The van der Waals surface area contributed by atoms with Crippen LogP contribution in [0.1, 0.15) is 16.7 Å². The molecule has 0 radical (unpaired) electrons. The highest BCUT2D eigenvalue weighted by atomic mass is 32.2. The van der Waals surface area contributed by atoms with Gasteiger partial charge in [-0.2, -0.15) is 0 Å². The number of hydrogen-bond acceptors (Lipinski definition) is 3. The molecule has 0 saturated heterocycles. The number of aryl methyl sites for hydroxylation is 2. The first kappa shape index (κ1) is 16.1. The normalized spacial score (nSPS) is 12.3. The summed E-state index contributed by atoms with van der Waals surface area (Å²) in [6, 6.07) is 16.4. The molecule has 0 fully saturated rings. The maximum Gasteiger partial charge on any atom is 0.0867 e. The SMILES string of the molecule is Cc1ccc(SCC(O)COCc2ccccc2)c(C)c1. The van der Waals surface area contributed by atoms with Crippen molar-refractivity contribution in [1.29, 1.82) is 0 Å². The van der Waals surface area contributed by atoms with Crippen LogP contribution >= 0.6 is 11.8 Å². The summed E-state index contributed by atoms with van der Waals surface area (Å²) in [6.07, 6.45) is -0.445. The molecule has 1 unspecified atom stereocenters. The summed E-state index contributed by atoms with van der Waals surface area (Å²) in [5, 5.41) is 9.99. The topological polar surface area (TPSA) is 29.5 Å². The third-order valence-corrected chi connectivity index (χ3v) is 4.50. The van der Waals surface area contributed by atoms with E-state index in [1.807, 2.05) is 30.3 Å². The molecule has 1 atom stereocenters. The summed E-state index contributed by atoms with van der Waals surface area (Å²) in [4.78, 5) is 1.22. The van der Waals surface area contributed by atoms with Crippen molar-refractivity contribution >= 4 is 11.8 Å². The number of aliphatic hydroxyl groups is 1. The first-order valence-electron chi connectivity index (χ1n) is 7.15. The lowest BCUT2D eigenvalue weighted by Crippen LogP contribution is -2.17. The fraction of sp³-hybridized carbons (Fsp3) is 0.333. The van der Waals surface area contributed by atoms with E-state index in [1.165, 1.54) is 16.0 Å². The Morgan fingerprint density at radius 2 is 1.86 bits per heavy atom. The summed E-state index contributed by atoms with van der Waals surface area (Å²) in [5.74, 6) is 0.651. The quantitative estimate of drug-likeness (QED) is 0.785. The lowest BCUT2D eigenvalue weighted by Gasteiger charge is -2.12. The smallest absolute Gasteiger partial charge is 0.0867 e. The number of benzene rings is 2. The molecule has 0 spiro atoms. The second-order valence-electron chi connectivity index (χ2n) is 5.23.